The molecule has 2 aliphatic heterocycles. The zero-order valence-corrected chi connectivity index (χ0v) is 20.7. The maximum atomic E-state index is 6.15. The Hall–Kier alpha value is -0.0800. The van der Waals surface area contributed by atoms with Crippen LogP contribution in [0, 0.1) is 46.3 Å². The van der Waals surface area contributed by atoms with E-state index in [1.54, 1.807) is 0 Å². The third kappa shape index (κ3) is 6.20. The van der Waals surface area contributed by atoms with Gasteiger partial charge in [0.15, 0.2) is 0 Å². The normalized spacial score (nSPS) is 43.7. The molecule has 0 aromatic rings. The van der Waals surface area contributed by atoms with Crippen molar-refractivity contribution in [2.75, 3.05) is 6.61 Å². The van der Waals surface area contributed by atoms with Crippen LogP contribution in [0.15, 0.2) is 0 Å². The van der Waals surface area contributed by atoms with E-state index in [4.69, 9.17) is 9.47 Å². The highest BCUT2D eigenvalue weighted by Crippen LogP contribution is 2.41. The van der Waals surface area contributed by atoms with Crippen LogP contribution in [0.2, 0.25) is 0 Å². The molecule has 162 valence electrons. The van der Waals surface area contributed by atoms with E-state index in [2.05, 4.69) is 90.0 Å². The minimum atomic E-state index is 0.266. The van der Waals surface area contributed by atoms with Gasteiger partial charge in [-0.2, -0.15) is 0 Å². The van der Waals surface area contributed by atoms with Gasteiger partial charge in [0.25, 0.3) is 0 Å². The first-order valence-electron chi connectivity index (χ1n) is 11.4. The Labute approximate surface area is 171 Å². The second-order valence-electron chi connectivity index (χ2n) is 12.0. The lowest BCUT2D eigenvalue weighted by atomic mass is 9.70. The van der Waals surface area contributed by atoms with E-state index < -0.39 is 0 Å². The van der Waals surface area contributed by atoms with E-state index in [1.165, 1.54) is 0 Å². The summed E-state index contributed by atoms with van der Waals surface area (Å²) < 4.78 is 12.1. The molecule has 0 radical (unpaired) electrons. The Morgan fingerprint density at radius 1 is 0.556 bits per heavy atom. The first-order valence-corrected chi connectivity index (χ1v) is 11.4. The Kier molecular flexibility index (Phi) is 8.47. The van der Waals surface area contributed by atoms with Crippen LogP contribution >= 0.6 is 0 Å². The van der Waals surface area contributed by atoms with Crippen molar-refractivity contribution >= 4 is 0 Å². The first kappa shape index (κ1) is 25.0. The van der Waals surface area contributed by atoms with E-state index >= 15 is 0 Å². The van der Waals surface area contributed by atoms with Crippen molar-refractivity contribution < 1.29 is 9.47 Å². The van der Waals surface area contributed by atoms with Crippen LogP contribution < -0.4 is 0 Å². The summed E-state index contributed by atoms with van der Waals surface area (Å²) in [7, 11) is 0. The third-order valence-corrected chi connectivity index (χ3v) is 7.69. The molecule has 0 N–H and O–H groups in total. The highest BCUT2D eigenvalue weighted by Gasteiger charge is 2.42. The standard InChI is InChI=1S/C13H26O.C12H24O/c1-8-9(2)11(4)14-12(10(8)3)13(5,6)7;1-8-7-13-11(12(4,5)6)10(3)9(8)2/h8-12H,1-7H3;8-11H,7H2,1-6H3/t8?,9-,10?,11?,12-;8-,9+,10?,11-/m11/s1. The fourth-order valence-corrected chi connectivity index (χ4v) is 5.05. The second kappa shape index (κ2) is 9.16. The van der Waals surface area contributed by atoms with Gasteiger partial charge in [0.1, 0.15) is 0 Å². The smallest absolute Gasteiger partial charge is 0.0655 e. The van der Waals surface area contributed by atoms with Crippen molar-refractivity contribution in [3.8, 4) is 0 Å². The summed E-state index contributed by atoms with van der Waals surface area (Å²) in [5.74, 6) is 4.31. The molecule has 27 heavy (non-hydrogen) atoms. The molecule has 2 heteroatoms. The Balaban J connectivity index is 0.000000271. The van der Waals surface area contributed by atoms with Crippen molar-refractivity contribution in [3.05, 3.63) is 0 Å². The third-order valence-electron chi connectivity index (χ3n) is 7.69. The summed E-state index contributed by atoms with van der Waals surface area (Å²) in [4.78, 5) is 0. The molecule has 2 aliphatic rings. The van der Waals surface area contributed by atoms with E-state index in [1.807, 2.05) is 0 Å². The van der Waals surface area contributed by atoms with Gasteiger partial charge in [-0.05, 0) is 53.3 Å². The SMILES string of the molecule is CC1O[C@@H](C(C)(C)C)C(C)C(C)[C@H]1C.CC1[C@@H](C)[C@H](C)CO[C@H]1C(C)(C)C. The number of ether oxygens (including phenoxy) is 2. The summed E-state index contributed by atoms with van der Waals surface area (Å²) in [6.07, 6.45) is 1.24. The van der Waals surface area contributed by atoms with E-state index in [-0.39, 0.29) is 10.8 Å². The monoisotopic (exact) mass is 382 g/mol. The van der Waals surface area contributed by atoms with Gasteiger partial charge in [0.05, 0.1) is 18.3 Å². The van der Waals surface area contributed by atoms with Crippen molar-refractivity contribution in [1.29, 1.82) is 0 Å². The molecule has 0 bridgehead atoms. The van der Waals surface area contributed by atoms with Gasteiger partial charge in [0, 0.05) is 6.61 Å². The minimum Gasteiger partial charge on any atom is -0.377 e. The molecule has 9 atom stereocenters. The Morgan fingerprint density at radius 2 is 1.00 bits per heavy atom. The van der Waals surface area contributed by atoms with E-state index in [0.29, 0.717) is 42.0 Å². The molecule has 0 spiro atoms. The van der Waals surface area contributed by atoms with Gasteiger partial charge in [-0.1, -0.05) is 83.1 Å². The maximum absolute atomic E-state index is 6.15. The van der Waals surface area contributed by atoms with Crippen LogP contribution in [-0.2, 0) is 9.47 Å². The van der Waals surface area contributed by atoms with Gasteiger partial charge < -0.3 is 9.47 Å². The van der Waals surface area contributed by atoms with Gasteiger partial charge in [-0.25, -0.2) is 0 Å². The highest BCUT2D eigenvalue weighted by atomic mass is 16.5. The van der Waals surface area contributed by atoms with Crippen molar-refractivity contribution in [2.45, 2.75) is 108 Å². The van der Waals surface area contributed by atoms with Crippen LogP contribution in [0.3, 0.4) is 0 Å². The largest absolute Gasteiger partial charge is 0.377 e. The number of rotatable bonds is 0. The fraction of sp³-hybridized carbons (Fsp3) is 1.00. The molecule has 0 aliphatic carbocycles. The van der Waals surface area contributed by atoms with E-state index in [0.717, 1.165) is 18.4 Å². The zero-order chi connectivity index (χ0) is 21.3. The van der Waals surface area contributed by atoms with Crippen molar-refractivity contribution in [2.24, 2.45) is 46.3 Å². The number of hydrogen-bond donors (Lipinski definition) is 0. The highest BCUT2D eigenvalue weighted by molar-refractivity contribution is 4.90. The Bertz CT molecular complexity index is 444. The molecule has 2 heterocycles. The van der Waals surface area contributed by atoms with Crippen LogP contribution in [-0.4, -0.2) is 24.9 Å². The molecule has 0 aromatic heterocycles. The zero-order valence-electron chi connectivity index (χ0n) is 20.7. The molecule has 4 unspecified atom stereocenters. The predicted octanol–water partition coefficient (Wildman–Crippen LogP) is 7.07. The molecule has 2 saturated heterocycles. The quantitative estimate of drug-likeness (QED) is 0.446. The molecular weight excluding hydrogens is 332 g/mol. The van der Waals surface area contributed by atoms with Crippen LogP contribution in [0.4, 0.5) is 0 Å². The minimum absolute atomic E-state index is 0.266. The molecule has 0 aromatic carbocycles. The molecule has 2 fully saturated rings. The summed E-state index contributed by atoms with van der Waals surface area (Å²) in [5, 5.41) is 0. The van der Waals surface area contributed by atoms with Gasteiger partial charge in [-0.15, -0.1) is 0 Å². The summed E-state index contributed by atoms with van der Waals surface area (Å²) >= 11 is 0. The van der Waals surface area contributed by atoms with Gasteiger partial charge in [-0.3, -0.25) is 0 Å². The van der Waals surface area contributed by atoms with Crippen LogP contribution in [0.1, 0.15) is 90.0 Å². The summed E-state index contributed by atoms with van der Waals surface area (Å²) in [6.45, 7) is 30.8. The molecule has 2 rings (SSSR count). The molecule has 0 amide bonds. The van der Waals surface area contributed by atoms with Crippen molar-refractivity contribution in [1.82, 2.24) is 0 Å². The lowest BCUT2D eigenvalue weighted by molar-refractivity contribution is -0.163. The van der Waals surface area contributed by atoms with Crippen LogP contribution in [0.25, 0.3) is 0 Å². The fourth-order valence-electron chi connectivity index (χ4n) is 5.05. The predicted molar refractivity (Wildman–Crippen MR) is 118 cm³/mol. The molecular formula is C25H50O2. The second-order valence-corrected chi connectivity index (χ2v) is 12.0. The van der Waals surface area contributed by atoms with Crippen LogP contribution in [0.5, 0.6) is 0 Å². The Morgan fingerprint density at radius 3 is 1.44 bits per heavy atom. The summed E-state index contributed by atoms with van der Waals surface area (Å²) in [5.41, 5.74) is 0.551. The van der Waals surface area contributed by atoms with Gasteiger partial charge in [0.2, 0.25) is 0 Å². The summed E-state index contributed by atoms with van der Waals surface area (Å²) in [6, 6.07) is 0. The van der Waals surface area contributed by atoms with Gasteiger partial charge >= 0.3 is 0 Å². The maximum Gasteiger partial charge on any atom is 0.0655 e. The lowest BCUT2D eigenvalue weighted by Crippen LogP contribution is -2.48. The molecule has 2 nitrogen and oxygen atoms in total. The molecule has 0 saturated carbocycles. The first-order chi connectivity index (χ1) is 12.1. The van der Waals surface area contributed by atoms with E-state index in [9.17, 15) is 0 Å². The lowest BCUT2D eigenvalue weighted by Gasteiger charge is -2.47. The average Bonchev–Trinajstić information content (AvgIpc) is 2.52. The topological polar surface area (TPSA) is 18.5 Å². The average molecular weight is 383 g/mol. The number of hydrogen-bond acceptors (Lipinski definition) is 2. The van der Waals surface area contributed by atoms with Crippen molar-refractivity contribution in [3.63, 3.8) is 0 Å².